The van der Waals surface area contributed by atoms with E-state index in [4.69, 9.17) is 4.65 Å². The third kappa shape index (κ3) is 3.87. The van der Waals surface area contributed by atoms with Crippen LogP contribution in [0.2, 0.25) is 5.82 Å². The fraction of sp³-hybridized carbons (Fsp3) is 0.714. The molecule has 0 saturated heterocycles. The molecule has 1 saturated carbocycles. The maximum atomic E-state index is 14.1. The van der Waals surface area contributed by atoms with Crippen molar-refractivity contribution in [2.24, 2.45) is 11.3 Å². The third-order valence-corrected chi connectivity index (χ3v) is 5.96. The smallest absolute Gasteiger partial charge is 0.297 e. The van der Waals surface area contributed by atoms with Crippen molar-refractivity contribution in [1.29, 1.82) is 0 Å². The number of rotatable bonds is 4. The first-order valence-electron chi connectivity index (χ1n) is 9.07. The Kier molecular flexibility index (Phi) is 5.00. The fourth-order valence-electron chi connectivity index (χ4n) is 2.98. The van der Waals surface area contributed by atoms with Crippen molar-refractivity contribution in [1.82, 2.24) is 0 Å². The average Bonchev–Trinajstić information content (AvgIpc) is 3.05. The maximum Gasteiger partial charge on any atom is 0.297 e. The van der Waals surface area contributed by atoms with E-state index in [2.05, 4.69) is 68.4 Å². The second-order valence-corrected chi connectivity index (χ2v) is 9.97. The highest BCUT2D eigenvalue weighted by Crippen LogP contribution is 2.59. The molecule has 1 nitrogen and oxygen atoms in total. The lowest BCUT2D eigenvalue weighted by atomic mass is 9.76. The minimum Gasteiger partial charge on any atom is -0.435 e. The van der Waals surface area contributed by atoms with E-state index in [1.54, 1.807) is 6.07 Å². The van der Waals surface area contributed by atoms with Crippen molar-refractivity contribution < 1.29 is 9.04 Å². The van der Waals surface area contributed by atoms with Gasteiger partial charge in [-0.2, -0.15) is 0 Å². The van der Waals surface area contributed by atoms with E-state index >= 15 is 0 Å². The summed E-state index contributed by atoms with van der Waals surface area (Å²) in [6.45, 7) is 19.3. The largest absolute Gasteiger partial charge is 0.435 e. The van der Waals surface area contributed by atoms with Crippen molar-refractivity contribution in [2.45, 2.75) is 85.1 Å². The molecule has 3 heteroatoms. The summed E-state index contributed by atoms with van der Waals surface area (Å²) in [5, 5.41) is 0. The molecule has 133 valence electrons. The summed E-state index contributed by atoms with van der Waals surface area (Å²) < 4.78 is 20.3. The zero-order valence-corrected chi connectivity index (χ0v) is 16.8. The zero-order valence-electron chi connectivity index (χ0n) is 16.8. The average molecular weight is 331 g/mol. The molecule has 0 N–H and O–H groups in total. The van der Waals surface area contributed by atoms with Gasteiger partial charge in [0, 0.05) is 5.60 Å². The van der Waals surface area contributed by atoms with Crippen LogP contribution in [0.15, 0.2) is 18.2 Å². The van der Waals surface area contributed by atoms with Crippen LogP contribution >= 0.6 is 0 Å². The van der Waals surface area contributed by atoms with E-state index in [1.807, 2.05) is 13.5 Å². The third-order valence-electron chi connectivity index (χ3n) is 5.96. The monoisotopic (exact) mass is 331 g/mol. The molecular formula is C21H33BFO. The van der Waals surface area contributed by atoms with Gasteiger partial charge < -0.3 is 4.65 Å². The summed E-state index contributed by atoms with van der Waals surface area (Å²) in [5.74, 6) is 1.27. The Morgan fingerprint density at radius 3 is 2.08 bits per heavy atom. The van der Waals surface area contributed by atoms with Gasteiger partial charge in [0.05, 0.1) is 0 Å². The minimum absolute atomic E-state index is 0.0758. The Morgan fingerprint density at radius 2 is 1.58 bits per heavy atom. The molecule has 1 aromatic rings. The molecule has 0 bridgehead atoms. The van der Waals surface area contributed by atoms with E-state index in [9.17, 15) is 4.39 Å². The Hall–Kier alpha value is -0.825. The SMILES string of the molecule is CC1C([B]OC(C)(C)C(C)(C)C)C1c1ccc(F)c(C(C)(C)C)c1. The quantitative estimate of drug-likeness (QED) is 0.605. The Labute approximate surface area is 148 Å². The lowest BCUT2D eigenvalue weighted by Gasteiger charge is -2.39. The van der Waals surface area contributed by atoms with Gasteiger partial charge in [0.15, 0.2) is 0 Å². The first-order valence-corrected chi connectivity index (χ1v) is 9.07. The van der Waals surface area contributed by atoms with Crippen LogP contribution in [-0.4, -0.2) is 13.1 Å². The summed E-state index contributed by atoms with van der Waals surface area (Å²) in [7, 11) is 2.03. The van der Waals surface area contributed by atoms with Gasteiger partial charge >= 0.3 is 0 Å². The van der Waals surface area contributed by atoms with E-state index in [0.717, 1.165) is 5.56 Å². The molecule has 3 atom stereocenters. The van der Waals surface area contributed by atoms with Gasteiger partial charge in [-0.1, -0.05) is 60.6 Å². The molecule has 2 rings (SSSR count). The number of halogens is 1. The summed E-state index contributed by atoms with van der Waals surface area (Å²) in [5.41, 5.74) is 1.72. The van der Waals surface area contributed by atoms with Crippen molar-refractivity contribution in [3.63, 3.8) is 0 Å². The molecule has 0 heterocycles. The van der Waals surface area contributed by atoms with E-state index < -0.39 is 0 Å². The number of benzene rings is 1. The Morgan fingerprint density at radius 1 is 1.00 bits per heavy atom. The summed E-state index contributed by atoms with van der Waals surface area (Å²) in [4.78, 5) is 0. The van der Waals surface area contributed by atoms with E-state index in [1.165, 1.54) is 5.56 Å². The first kappa shape index (κ1) is 19.5. The predicted molar refractivity (Wildman–Crippen MR) is 101 cm³/mol. The molecule has 1 aliphatic rings. The highest BCUT2D eigenvalue weighted by Gasteiger charge is 2.50. The molecular weight excluding hydrogens is 298 g/mol. The van der Waals surface area contributed by atoms with Crippen LogP contribution in [0.4, 0.5) is 4.39 Å². The van der Waals surface area contributed by atoms with Crippen LogP contribution in [-0.2, 0) is 10.1 Å². The van der Waals surface area contributed by atoms with Crippen LogP contribution in [0.1, 0.15) is 79.4 Å². The standard InChI is InChI=1S/C21H33BFO/c1-13-17(18(13)22-24-21(8,9)20(5,6)7)14-10-11-16(23)15(12-14)19(2,3)4/h10-13,17-18H,1-9H3. The van der Waals surface area contributed by atoms with Gasteiger partial charge in [0.1, 0.15) is 5.82 Å². The lowest BCUT2D eigenvalue weighted by molar-refractivity contribution is 0.00252. The van der Waals surface area contributed by atoms with Crippen LogP contribution < -0.4 is 0 Å². The summed E-state index contributed by atoms with van der Waals surface area (Å²) in [6.07, 6.45) is 0. The van der Waals surface area contributed by atoms with Gasteiger partial charge in [0.25, 0.3) is 7.48 Å². The minimum atomic E-state index is -0.209. The van der Waals surface area contributed by atoms with Crippen LogP contribution in [0.3, 0.4) is 0 Å². The first-order chi connectivity index (χ1) is 10.8. The zero-order chi connectivity index (χ0) is 18.5. The highest BCUT2D eigenvalue weighted by molar-refractivity contribution is 6.32. The molecule has 0 spiro atoms. The van der Waals surface area contributed by atoms with Crippen molar-refractivity contribution in [2.75, 3.05) is 0 Å². The molecule has 1 aromatic carbocycles. The highest BCUT2D eigenvalue weighted by atomic mass is 19.1. The van der Waals surface area contributed by atoms with Crippen molar-refractivity contribution in [3.8, 4) is 0 Å². The lowest BCUT2D eigenvalue weighted by Crippen LogP contribution is -2.40. The van der Waals surface area contributed by atoms with Gasteiger partial charge in [-0.25, -0.2) is 4.39 Å². The number of hydrogen-bond acceptors (Lipinski definition) is 1. The Bertz CT molecular complexity index is 595. The van der Waals surface area contributed by atoms with Gasteiger partial charge in [-0.15, -0.1) is 0 Å². The molecule has 24 heavy (non-hydrogen) atoms. The second-order valence-electron chi connectivity index (χ2n) is 9.97. The molecule has 0 aliphatic heterocycles. The number of hydrogen-bond donors (Lipinski definition) is 0. The topological polar surface area (TPSA) is 9.23 Å². The molecule has 0 amide bonds. The van der Waals surface area contributed by atoms with Crippen LogP contribution in [0.25, 0.3) is 0 Å². The predicted octanol–water partition coefficient (Wildman–Crippen LogP) is 6.11. The van der Waals surface area contributed by atoms with E-state index in [-0.39, 0.29) is 22.2 Å². The molecule has 1 radical (unpaired) electrons. The Balaban J connectivity index is 2.10. The van der Waals surface area contributed by atoms with Gasteiger partial charge in [0.2, 0.25) is 0 Å². The normalized spacial score (nSPS) is 24.8. The van der Waals surface area contributed by atoms with E-state index in [0.29, 0.717) is 17.7 Å². The second kappa shape index (κ2) is 6.16. The van der Waals surface area contributed by atoms with Crippen molar-refractivity contribution in [3.05, 3.63) is 35.1 Å². The molecule has 0 aromatic heterocycles. The van der Waals surface area contributed by atoms with Gasteiger partial charge in [-0.3, -0.25) is 0 Å². The molecule has 1 aliphatic carbocycles. The van der Waals surface area contributed by atoms with Crippen LogP contribution in [0.5, 0.6) is 0 Å². The van der Waals surface area contributed by atoms with Gasteiger partial charge in [-0.05, 0) is 59.5 Å². The summed E-state index contributed by atoms with van der Waals surface area (Å²) >= 11 is 0. The maximum absolute atomic E-state index is 14.1. The molecule has 3 unspecified atom stereocenters. The fourth-order valence-corrected chi connectivity index (χ4v) is 2.98. The van der Waals surface area contributed by atoms with Crippen LogP contribution in [0, 0.1) is 17.2 Å². The molecule has 1 fully saturated rings. The summed E-state index contributed by atoms with van der Waals surface area (Å²) in [6, 6.07) is 5.62. The van der Waals surface area contributed by atoms with Crippen molar-refractivity contribution >= 4 is 7.48 Å².